The lowest BCUT2D eigenvalue weighted by molar-refractivity contribution is -0.385. The number of nitro benzene ring substituents is 1. The third-order valence-electron chi connectivity index (χ3n) is 6.22. The minimum absolute atomic E-state index is 0.103. The fraction of sp³-hybridized carbons (Fsp3) is 0.348. The van der Waals surface area contributed by atoms with Crippen LogP contribution in [0.2, 0.25) is 5.02 Å². The zero-order valence-electron chi connectivity index (χ0n) is 17.4. The number of hydrazine groups is 1. The van der Waals surface area contributed by atoms with Gasteiger partial charge in [-0.2, -0.15) is 5.01 Å². The van der Waals surface area contributed by atoms with E-state index in [0.29, 0.717) is 29.3 Å². The lowest BCUT2D eigenvalue weighted by Crippen LogP contribution is -2.49. The molecule has 1 heterocycles. The van der Waals surface area contributed by atoms with Crippen LogP contribution in [0, 0.1) is 27.9 Å². The maximum atomic E-state index is 13.5. The van der Waals surface area contributed by atoms with Gasteiger partial charge >= 0.3 is 0 Å². The highest BCUT2D eigenvalue weighted by atomic mass is 35.5. The molecule has 3 amide bonds. The molecular formula is C23H22ClN3O5. The summed E-state index contributed by atoms with van der Waals surface area (Å²) in [5, 5.41) is 14.0. The Morgan fingerprint density at radius 1 is 1.09 bits per heavy atom. The lowest BCUT2D eigenvalue weighted by Gasteiger charge is -2.30. The molecule has 1 aliphatic heterocycles. The van der Waals surface area contributed by atoms with Crippen LogP contribution in [0.1, 0.15) is 42.1 Å². The molecule has 2 aromatic rings. The van der Waals surface area contributed by atoms with E-state index in [1.54, 1.807) is 24.3 Å². The van der Waals surface area contributed by atoms with E-state index in [2.05, 4.69) is 0 Å². The number of carbonyl (C=O) groups is 3. The smallest absolute Gasteiger partial charge is 0.272 e. The summed E-state index contributed by atoms with van der Waals surface area (Å²) in [4.78, 5) is 50.9. The summed E-state index contributed by atoms with van der Waals surface area (Å²) < 4.78 is 0. The van der Waals surface area contributed by atoms with Crippen molar-refractivity contribution in [2.75, 3.05) is 0 Å². The molecule has 1 saturated heterocycles. The van der Waals surface area contributed by atoms with Crippen molar-refractivity contribution in [2.45, 2.75) is 32.7 Å². The minimum atomic E-state index is -0.777. The van der Waals surface area contributed by atoms with Gasteiger partial charge in [0.25, 0.3) is 23.4 Å². The van der Waals surface area contributed by atoms with Crippen LogP contribution in [0.4, 0.5) is 5.69 Å². The molecule has 0 aromatic heterocycles. The number of hydrogen-bond acceptors (Lipinski definition) is 5. The molecule has 9 heteroatoms. The molecule has 1 saturated carbocycles. The number of halogens is 1. The van der Waals surface area contributed by atoms with Crippen molar-refractivity contribution >= 4 is 35.0 Å². The van der Waals surface area contributed by atoms with Gasteiger partial charge in [-0.05, 0) is 48.9 Å². The molecule has 0 bridgehead atoms. The normalized spacial score (nSPS) is 22.6. The van der Waals surface area contributed by atoms with Crippen molar-refractivity contribution in [2.24, 2.45) is 17.8 Å². The number of hydrogen-bond donors (Lipinski definition) is 0. The van der Waals surface area contributed by atoms with Crippen LogP contribution in [-0.2, 0) is 16.1 Å². The second kappa shape index (κ2) is 8.70. The van der Waals surface area contributed by atoms with Gasteiger partial charge in [0.15, 0.2) is 0 Å². The van der Waals surface area contributed by atoms with Crippen LogP contribution >= 0.6 is 11.6 Å². The van der Waals surface area contributed by atoms with E-state index in [1.807, 2.05) is 6.92 Å². The van der Waals surface area contributed by atoms with Gasteiger partial charge in [0.05, 0.1) is 23.3 Å². The Kier molecular flexibility index (Phi) is 5.97. The molecule has 0 unspecified atom stereocenters. The average Bonchev–Trinajstić information content (AvgIpc) is 3.02. The number of imide groups is 1. The third-order valence-corrected chi connectivity index (χ3v) is 6.47. The number of amides is 3. The van der Waals surface area contributed by atoms with Crippen LogP contribution in [0.3, 0.4) is 0 Å². The molecule has 0 radical (unpaired) electrons. The van der Waals surface area contributed by atoms with Crippen LogP contribution < -0.4 is 0 Å². The molecule has 0 N–H and O–H groups in total. The largest absolute Gasteiger partial charge is 0.282 e. The van der Waals surface area contributed by atoms with E-state index >= 15 is 0 Å². The van der Waals surface area contributed by atoms with Crippen LogP contribution in [0.25, 0.3) is 0 Å². The number of nitrogens with zero attached hydrogens (tertiary/aromatic N) is 3. The fourth-order valence-corrected chi connectivity index (χ4v) is 4.68. The Bertz CT molecular complexity index is 1090. The van der Waals surface area contributed by atoms with Crippen LogP contribution in [0.15, 0.2) is 48.5 Å². The SMILES string of the molecule is C[C@@H]1CC[C@@H]2C(=O)N(N(Cc3ccc(Cl)cc3)C(=O)c3ccccc3[N+](=O)[O-])C(=O)[C@H]2C1. The highest BCUT2D eigenvalue weighted by Crippen LogP contribution is 2.41. The Morgan fingerprint density at radius 2 is 1.75 bits per heavy atom. The van der Waals surface area contributed by atoms with Crippen LogP contribution in [-0.4, -0.2) is 32.7 Å². The summed E-state index contributed by atoms with van der Waals surface area (Å²) in [7, 11) is 0. The van der Waals surface area contributed by atoms with Crippen molar-refractivity contribution < 1.29 is 19.3 Å². The molecule has 0 spiro atoms. The van der Waals surface area contributed by atoms with Crippen molar-refractivity contribution in [3.63, 3.8) is 0 Å². The molecule has 2 fully saturated rings. The molecule has 1 aliphatic carbocycles. The van der Waals surface area contributed by atoms with Gasteiger partial charge < -0.3 is 0 Å². The van der Waals surface area contributed by atoms with Crippen molar-refractivity contribution in [3.05, 3.63) is 74.8 Å². The maximum absolute atomic E-state index is 13.5. The van der Waals surface area contributed by atoms with Crippen LogP contribution in [0.5, 0.6) is 0 Å². The Hall–Kier alpha value is -3.26. The number of para-hydroxylation sites is 1. The van der Waals surface area contributed by atoms with Gasteiger partial charge in [-0.3, -0.25) is 24.5 Å². The van der Waals surface area contributed by atoms with E-state index in [1.165, 1.54) is 24.3 Å². The Labute approximate surface area is 189 Å². The van der Waals surface area contributed by atoms with Crippen molar-refractivity contribution in [3.8, 4) is 0 Å². The topological polar surface area (TPSA) is 101 Å². The summed E-state index contributed by atoms with van der Waals surface area (Å²) >= 11 is 5.96. The fourth-order valence-electron chi connectivity index (χ4n) is 4.56. The molecule has 2 aromatic carbocycles. The quantitative estimate of drug-likeness (QED) is 0.381. The first-order chi connectivity index (χ1) is 15.3. The molecule has 8 nitrogen and oxygen atoms in total. The zero-order valence-corrected chi connectivity index (χ0v) is 18.2. The van der Waals surface area contributed by atoms with Gasteiger partial charge in [-0.25, -0.2) is 5.01 Å². The zero-order chi connectivity index (χ0) is 23.0. The van der Waals surface area contributed by atoms with E-state index in [9.17, 15) is 24.5 Å². The first-order valence-corrected chi connectivity index (χ1v) is 10.8. The molecule has 4 rings (SSSR count). The second-order valence-electron chi connectivity index (χ2n) is 8.38. The minimum Gasteiger partial charge on any atom is -0.272 e. The summed E-state index contributed by atoms with van der Waals surface area (Å²) in [6.07, 6.45) is 2.00. The van der Waals surface area contributed by atoms with Crippen molar-refractivity contribution in [1.82, 2.24) is 10.0 Å². The van der Waals surface area contributed by atoms with Gasteiger partial charge in [0.2, 0.25) is 0 Å². The number of carbonyl (C=O) groups excluding carboxylic acids is 3. The predicted molar refractivity (Wildman–Crippen MR) is 116 cm³/mol. The van der Waals surface area contributed by atoms with Gasteiger partial charge in [0, 0.05) is 11.1 Å². The number of benzene rings is 2. The summed E-state index contributed by atoms with van der Waals surface area (Å²) in [5.74, 6) is -2.26. The standard InChI is InChI=1S/C23H22ClN3O5/c1-14-6-11-17-19(12-14)23(30)26(22(17)29)25(13-15-7-9-16(24)10-8-15)21(28)18-4-2-3-5-20(18)27(31)32/h2-5,7-10,14,17,19H,6,11-13H2,1H3/t14-,17+,19+/m1/s1. The van der Waals surface area contributed by atoms with Gasteiger partial charge in [-0.15, -0.1) is 0 Å². The first-order valence-electron chi connectivity index (χ1n) is 10.5. The Balaban J connectivity index is 1.75. The second-order valence-corrected chi connectivity index (χ2v) is 8.82. The highest BCUT2D eigenvalue weighted by Gasteiger charge is 2.52. The number of fused-ring (bicyclic) bond motifs is 1. The van der Waals surface area contributed by atoms with E-state index in [0.717, 1.165) is 16.4 Å². The van der Waals surface area contributed by atoms with Crippen molar-refractivity contribution in [1.29, 1.82) is 0 Å². The summed E-state index contributed by atoms with van der Waals surface area (Å²) in [5.41, 5.74) is 0.0595. The van der Waals surface area contributed by atoms with E-state index < -0.39 is 34.5 Å². The lowest BCUT2D eigenvalue weighted by atomic mass is 9.76. The molecule has 32 heavy (non-hydrogen) atoms. The summed E-state index contributed by atoms with van der Waals surface area (Å²) in [6, 6.07) is 12.2. The maximum Gasteiger partial charge on any atom is 0.282 e. The first kappa shape index (κ1) is 22.0. The molecule has 2 aliphatic rings. The highest BCUT2D eigenvalue weighted by molar-refractivity contribution is 6.30. The van der Waals surface area contributed by atoms with Gasteiger partial charge in [-0.1, -0.05) is 42.8 Å². The Morgan fingerprint density at radius 3 is 2.44 bits per heavy atom. The molecule has 3 atom stereocenters. The summed E-state index contributed by atoms with van der Waals surface area (Å²) in [6.45, 7) is 1.94. The monoisotopic (exact) mass is 455 g/mol. The average molecular weight is 456 g/mol. The number of nitro groups is 1. The van der Waals surface area contributed by atoms with E-state index in [-0.39, 0.29) is 17.8 Å². The third kappa shape index (κ3) is 3.98. The molecular weight excluding hydrogens is 434 g/mol. The van der Waals surface area contributed by atoms with Gasteiger partial charge in [0.1, 0.15) is 5.56 Å². The predicted octanol–water partition coefficient (Wildman–Crippen LogP) is 4.23. The number of rotatable bonds is 5. The van der Waals surface area contributed by atoms with E-state index in [4.69, 9.17) is 11.6 Å². The molecule has 166 valence electrons.